The molecule has 1 aromatic heterocycles. The lowest BCUT2D eigenvalue weighted by molar-refractivity contribution is 0.00598. The molecule has 19 heavy (non-hydrogen) atoms. The van der Waals surface area contributed by atoms with Gasteiger partial charge in [0.05, 0.1) is 23.7 Å². The van der Waals surface area contributed by atoms with Crippen molar-refractivity contribution in [3.8, 4) is 0 Å². The van der Waals surface area contributed by atoms with Crippen LogP contribution >= 0.6 is 0 Å². The van der Waals surface area contributed by atoms with Gasteiger partial charge in [0.2, 0.25) is 0 Å². The van der Waals surface area contributed by atoms with E-state index in [4.69, 9.17) is 4.74 Å². The first-order valence-electron chi connectivity index (χ1n) is 7.20. The van der Waals surface area contributed by atoms with Crippen LogP contribution in [0.25, 0.3) is 0 Å². The zero-order chi connectivity index (χ0) is 13.7. The predicted octanol–water partition coefficient (Wildman–Crippen LogP) is 2.91. The maximum Gasteiger partial charge on any atom is 0.0766 e. The number of pyridine rings is 1. The Bertz CT molecular complexity index is 393. The van der Waals surface area contributed by atoms with Crippen molar-refractivity contribution in [1.82, 2.24) is 4.98 Å². The first kappa shape index (κ1) is 14.1. The molecule has 2 unspecified atom stereocenters. The van der Waals surface area contributed by atoms with Gasteiger partial charge >= 0.3 is 0 Å². The summed E-state index contributed by atoms with van der Waals surface area (Å²) in [5, 5.41) is 3.64. The standard InChI is InChI=1S/C15H25N3O/c1-4-5-13-10-12(7-9-19-13)17-14-11-16-8-6-15(14)18(2)3/h6,8,11-13,17H,4-5,7,9-10H2,1-3H3. The summed E-state index contributed by atoms with van der Waals surface area (Å²) in [4.78, 5) is 6.35. The van der Waals surface area contributed by atoms with Crippen LogP contribution in [-0.4, -0.2) is 37.8 Å². The fourth-order valence-electron chi connectivity index (χ4n) is 2.64. The molecule has 2 heterocycles. The Balaban J connectivity index is 2.00. The van der Waals surface area contributed by atoms with Crippen molar-refractivity contribution < 1.29 is 4.74 Å². The molecule has 0 radical (unpaired) electrons. The molecule has 0 bridgehead atoms. The second-order valence-electron chi connectivity index (χ2n) is 5.43. The average molecular weight is 263 g/mol. The van der Waals surface area contributed by atoms with Gasteiger partial charge in [-0.05, 0) is 25.3 Å². The molecule has 0 spiro atoms. The van der Waals surface area contributed by atoms with Crippen LogP contribution in [0.4, 0.5) is 11.4 Å². The summed E-state index contributed by atoms with van der Waals surface area (Å²) in [7, 11) is 4.12. The lowest BCUT2D eigenvalue weighted by Crippen LogP contribution is -2.34. The van der Waals surface area contributed by atoms with Crippen molar-refractivity contribution in [3.05, 3.63) is 18.5 Å². The molecule has 1 aromatic rings. The molecule has 0 amide bonds. The molecule has 1 N–H and O–H groups in total. The first-order chi connectivity index (χ1) is 9.20. The van der Waals surface area contributed by atoms with Crippen LogP contribution in [0, 0.1) is 0 Å². The fraction of sp³-hybridized carbons (Fsp3) is 0.667. The van der Waals surface area contributed by atoms with Gasteiger partial charge in [0.25, 0.3) is 0 Å². The van der Waals surface area contributed by atoms with E-state index >= 15 is 0 Å². The topological polar surface area (TPSA) is 37.4 Å². The van der Waals surface area contributed by atoms with Gasteiger partial charge in [-0.3, -0.25) is 4.98 Å². The van der Waals surface area contributed by atoms with Crippen molar-refractivity contribution in [3.63, 3.8) is 0 Å². The van der Waals surface area contributed by atoms with E-state index < -0.39 is 0 Å². The van der Waals surface area contributed by atoms with Crippen LogP contribution in [0.2, 0.25) is 0 Å². The van der Waals surface area contributed by atoms with E-state index in [2.05, 4.69) is 36.2 Å². The monoisotopic (exact) mass is 263 g/mol. The molecule has 1 saturated heterocycles. The Hall–Kier alpha value is -1.29. The number of aromatic nitrogens is 1. The van der Waals surface area contributed by atoms with Crippen LogP contribution < -0.4 is 10.2 Å². The van der Waals surface area contributed by atoms with Crippen molar-refractivity contribution >= 4 is 11.4 Å². The van der Waals surface area contributed by atoms with Crippen molar-refractivity contribution in [2.75, 3.05) is 30.9 Å². The molecule has 106 valence electrons. The quantitative estimate of drug-likeness (QED) is 0.886. The lowest BCUT2D eigenvalue weighted by Gasteiger charge is -2.31. The molecular weight excluding hydrogens is 238 g/mol. The molecule has 2 atom stereocenters. The highest BCUT2D eigenvalue weighted by molar-refractivity contribution is 5.68. The second-order valence-corrected chi connectivity index (χ2v) is 5.43. The number of anilines is 2. The molecule has 0 aromatic carbocycles. The van der Waals surface area contributed by atoms with Crippen molar-refractivity contribution in [2.45, 2.75) is 44.8 Å². The molecule has 1 aliphatic heterocycles. The third kappa shape index (κ3) is 3.83. The molecule has 2 rings (SSSR count). The molecule has 1 fully saturated rings. The number of rotatable bonds is 5. The third-order valence-corrected chi connectivity index (χ3v) is 3.62. The minimum atomic E-state index is 0.413. The minimum Gasteiger partial charge on any atom is -0.379 e. The Kier molecular flexibility index (Phi) is 5.02. The molecule has 4 heteroatoms. The predicted molar refractivity (Wildman–Crippen MR) is 79.9 cm³/mol. The molecule has 0 saturated carbocycles. The lowest BCUT2D eigenvalue weighted by atomic mass is 10.00. The van der Waals surface area contributed by atoms with Crippen LogP contribution in [0.1, 0.15) is 32.6 Å². The molecule has 4 nitrogen and oxygen atoms in total. The van der Waals surface area contributed by atoms with Crippen molar-refractivity contribution in [1.29, 1.82) is 0 Å². The summed E-state index contributed by atoms with van der Waals surface area (Å²) in [6.07, 6.45) is 8.68. The highest BCUT2D eigenvalue weighted by Crippen LogP contribution is 2.26. The zero-order valence-corrected chi connectivity index (χ0v) is 12.2. The Morgan fingerprint density at radius 3 is 3.05 bits per heavy atom. The van der Waals surface area contributed by atoms with Gasteiger partial charge in [-0.2, -0.15) is 0 Å². The first-order valence-corrected chi connectivity index (χ1v) is 7.20. The molecular formula is C15H25N3O. The van der Waals surface area contributed by atoms with E-state index in [1.165, 1.54) is 12.1 Å². The van der Waals surface area contributed by atoms with E-state index in [0.717, 1.165) is 31.6 Å². The van der Waals surface area contributed by atoms with Gasteiger partial charge in [0.15, 0.2) is 0 Å². The van der Waals surface area contributed by atoms with Gasteiger partial charge in [0.1, 0.15) is 0 Å². The number of hydrogen-bond donors (Lipinski definition) is 1. The van der Waals surface area contributed by atoms with Gasteiger partial charge in [-0.1, -0.05) is 13.3 Å². The Morgan fingerprint density at radius 2 is 2.32 bits per heavy atom. The summed E-state index contributed by atoms with van der Waals surface area (Å²) in [6, 6.07) is 2.54. The summed E-state index contributed by atoms with van der Waals surface area (Å²) < 4.78 is 5.80. The molecule has 1 aliphatic rings. The van der Waals surface area contributed by atoms with Gasteiger partial charge in [-0.25, -0.2) is 0 Å². The number of nitrogens with one attached hydrogen (secondary N) is 1. The fourth-order valence-corrected chi connectivity index (χ4v) is 2.64. The van der Waals surface area contributed by atoms with Gasteiger partial charge < -0.3 is 15.0 Å². The van der Waals surface area contributed by atoms with Crippen molar-refractivity contribution in [2.24, 2.45) is 0 Å². The van der Waals surface area contributed by atoms with E-state index in [9.17, 15) is 0 Å². The number of ether oxygens (including phenoxy) is 1. The van der Waals surface area contributed by atoms with E-state index in [1.807, 2.05) is 18.5 Å². The number of hydrogen-bond acceptors (Lipinski definition) is 4. The normalized spacial score (nSPS) is 23.1. The maximum absolute atomic E-state index is 5.80. The van der Waals surface area contributed by atoms with Crippen LogP contribution in [0.15, 0.2) is 18.5 Å². The van der Waals surface area contributed by atoms with Gasteiger partial charge in [-0.15, -0.1) is 0 Å². The maximum atomic E-state index is 5.80. The van der Waals surface area contributed by atoms with E-state index in [-0.39, 0.29) is 0 Å². The van der Waals surface area contributed by atoms with Crippen LogP contribution in [0.5, 0.6) is 0 Å². The zero-order valence-electron chi connectivity index (χ0n) is 12.2. The van der Waals surface area contributed by atoms with Gasteiger partial charge in [0, 0.05) is 32.9 Å². The molecule has 0 aliphatic carbocycles. The third-order valence-electron chi connectivity index (χ3n) is 3.62. The summed E-state index contributed by atoms with van der Waals surface area (Å²) >= 11 is 0. The minimum absolute atomic E-state index is 0.413. The summed E-state index contributed by atoms with van der Waals surface area (Å²) in [5.41, 5.74) is 2.31. The highest BCUT2D eigenvalue weighted by Gasteiger charge is 2.22. The second kappa shape index (κ2) is 6.75. The van der Waals surface area contributed by atoms with E-state index in [1.54, 1.807) is 0 Å². The Morgan fingerprint density at radius 1 is 1.47 bits per heavy atom. The van der Waals surface area contributed by atoms with E-state index in [0.29, 0.717) is 12.1 Å². The number of nitrogens with zero attached hydrogens (tertiary/aromatic N) is 2. The SMILES string of the molecule is CCCC1CC(Nc2cnccc2N(C)C)CCO1. The smallest absolute Gasteiger partial charge is 0.0766 e. The largest absolute Gasteiger partial charge is 0.379 e. The Labute approximate surface area is 116 Å². The highest BCUT2D eigenvalue weighted by atomic mass is 16.5. The summed E-state index contributed by atoms with van der Waals surface area (Å²) in [6.45, 7) is 3.07. The van der Waals surface area contributed by atoms with Crippen LogP contribution in [-0.2, 0) is 4.74 Å². The average Bonchev–Trinajstić information content (AvgIpc) is 2.40. The summed E-state index contributed by atoms with van der Waals surface area (Å²) in [5.74, 6) is 0. The van der Waals surface area contributed by atoms with Crippen LogP contribution in [0.3, 0.4) is 0 Å².